The number of rotatable bonds is 10. The summed E-state index contributed by atoms with van der Waals surface area (Å²) in [5.74, 6) is 1.20. The Hall–Kier alpha value is -3.56. The van der Waals surface area contributed by atoms with Crippen LogP contribution in [0.1, 0.15) is 16.8 Å². The van der Waals surface area contributed by atoms with Gasteiger partial charge in [0.1, 0.15) is 5.56 Å². The molecule has 4 aromatic rings. The normalized spacial score (nSPS) is 11.5. The fourth-order valence-electron chi connectivity index (χ4n) is 3.27. The van der Waals surface area contributed by atoms with Crippen molar-refractivity contribution in [2.75, 3.05) is 12.3 Å². The first-order valence-electron chi connectivity index (χ1n) is 10.4. The van der Waals surface area contributed by atoms with Gasteiger partial charge in [0.25, 0.3) is 5.82 Å². The second kappa shape index (κ2) is 10.6. The summed E-state index contributed by atoms with van der Waals surface area (Å²) in [4.78, 5) is 22.2. The molecule has 10 nitrogen and oxygen atoms in total. The number of phosphoric acid groups is 1. The molecule has 4 N–H and O–H groups in total. The van der Waals surface area contributed by atoms with E-state index < -0.39 is 14.6 Å². The van der Waals surface area contributed by atoms with Gasteiger partial charge in [-0.1, -0.05) is 41.6 Å². The molecule has 0 fully saturated rings. The van der Waals surface area contributed by atoms with Gasteiger partial charge in [0.15, 0.2) is 5.76 Å². The summed E-state index contributed by atoms with van der Waals surface area (Å²) in [6, 6.07) is 19.0. The van der Waals surface area contributed by atoms with E-state index in [1.165, 1.54) is 10.1 Å². The van der Waals surface area contributed by atoms with E-state index in [1.807, 2.05) is 30.3 Å². The number of nitrogen functional groups attached to an aromatic ring is 1. The second-order valence-corrected chi connectivity index (χ2v) is 8.71. The van der Waals surface area contributed by atoms with Crippen LogP contribution >= 0.6 is 7.82 Å². The Kier molecular flexibility index (Phi) is 7.34. The molecule has 11 heteroatoms. The second-order valence-electron chi connectivity index (χ2n) is 7.47. The lowest BCUT2D eigenvalue weighted by molar-refractivity contribution is -0.711. The van der Waals surface area contributed by atoms with E-state index in [9.17, 15) is 4.57 Å². The highest BCUT2D eigenvalue weighted by atomic mass is 31.2. The average Bonchev–Trinajstić information content (AvgIpc) is 3.28. The number of phosphoric ester groups is 1. The van der Waals surface area contributed by atoms with E-state index in [0.717, 1.165) is 12.0 Å². The molecule has 0 aliphatic heterocycles. The van der Waals surface area contributed by atoms with Gasteiger partial charge in [-0.15, -0.1) is 0 Å². The van der Waals surface area contributed by atoms with Crippen LogP contribution in [0.25, 0.3) is 11.3 Å². The van der Waals surface area contributed by atoms with Crippen molar-refractivity contribution in [3.8, 4) is 17.2 Å². The molecule has 3 heterocycles. The Bertz CT molecular complexity index is 1270. The van der Waals surface area contributed by atoms with Gasteiger partial charge in [-0.3, -0.25) is 5.73 Å². The van der Waals surface area contributed by atoms with E-state index in [0.29, 0.717) is 35.9 Å². The molecule has 0 saturated carbocycles. The van der Waals surface area contributed by atoms with Crippen molar-refractivity contribution in [1.29, 1.82) is 0 Å². The van der Waals surface area contributed by atoms with Crippen LogP contribution in [-0.2, 0) is 28.7 Å². The molecule has 34 heavy (non-hydrogen) atoms. The number of hydrogen-bond donors (Lipinski definition) is 3. The minimum Gasteiger partial charge on any atom is -0.477 e. The van der Waals surface area contributed by atoms with Gasteiger partial charge < -0.3 is 19.0 Å². The molecule has 0 amide bonds. The van der Waals surface area contributed by atoms with Gasteiger partial charge in [-0.25, -0.2) is 18.6 Å². The van der Waals surface area contributed by atoms with Crippen molar-refractivity contribution in [3.63, 3.8) is 0 Å². The quantitative estimate of drug-likeness (QED) is 0.229. The van der Waals surface area contributed by atoms with Crippen LogP contribution in [0.15, 0.2) is 77.6 Å². The van der Waals surface area contributed by atoms with Crippen LogP contribution in [0, 0.1) is 0 Å². The molecule has 176 valence electrons. The standard InChI is InChI=1S/C23H23N4O6P/c24-23-20(7-4-11-27(23)16-32-34(28,29)30)21-14-19(26-33-21)13-18-8-9-22(25-15-18)31-12-10-17-5-2-1-3-6-17/h1-9,11,14-15,24H,10,12-13,16H2,(H2,28,29,30)/p+1. The fourth-order valence-corrected chi connectivity index (χ4v) is 3.55. The third-order valence-electron chi connectivity index (χ3n) is 4.97. The van der Waals surface area contributed by atoms with Gasteiger partial charge in [0, 0.05) is 31.2 Å². The van der Waals surface area contributed by atoms with Gasteiger partial charge in [0.2, 0.25) is 12.6 Å². The van der Waals surface area contributed by atoms with Gasteiger partial charge in [-0.05, 0) is 23.3 Å². The minimum absolute atomic E-state index is 0.220. The number of aromatic nitrogens is 3. The largest absolute Gasteiger partial charge is 0.477 e. The molecule has 0 aliphatic carbocycles. The van der Waals surface area contributed by atoms with Crippen LogP contribution in [-0.4, -0.2) is 26.5 Å². The SMILES string of the molecule is Nc1c(-c2cc(Cc3ccc(OCCc4ccccc4)nc3)no2)ccc[n+]1COP(=O)(O)O. The molecule has 0 saturated heterocycles. The maximum atomic E-state index is 11.0. The number of nitrogens with zero attached hydrogens (tertiary/aromatic N) is 3. The third-order valence-corrected chi connectivity index (χ3v) is 5.42. The average molecular weight is 483 g/mol. The first-order chi connectivity index (χ1) is 16.4. The number of benzene rings is 1. The van der Waals surface area contributed by atoms with Gasteiger partial charge in [0.05, 0.1) is 18.5 Å². The first-order valence-corrected chi connectivity index (χ1v) is 12.0. The summed E-state index contributed by atoms with van der Waals surface area (Å²) in [6.07, 6.45) is 4.58. The summed E-state index contributed by atoms with van der Waals surface area (Å²) in [5.41, 5.74) is 9.46. The first kappa shape index (κ1) is 23.6. The molecule has 0 aliphatic rings. The zero-order valence-electron chi connectivity index (χ0n) is 18.2. The lowest BCUT2D eigenvalue weighted by atomic mass is 10.1. The number of anilines is 1. The monoisotopic (exact) mass is 483 g/mol. The van der Waals surface area contributed by atoms with E-state index in [2.05, 4.69) is 26.8 Å². The Morgan fingerprint density at radius 2 is 1.88 bits per heavy atom. The molecule has 0 radical (unpaired) electrons. The molecular formula is C23H24N4O6P+. The Balaban J connectivity index is 1.36. The molecule has 0 atom stereocenters. The molecule has 0 unspecified atom stereocenters. The summed E-state index contributed by atoms with van der Waals surface area (Å²) in [5, 5.41) is 4.09. The molecule has 0 bridgehead atoms. The minimum atomic E-state index is -4.62. The molecule has 3 aromatic heterocycles. The van der Waals surface area contributed by atoms with Crippen LogP contribution in [0.2, 0.25) is 0 Å². The van der Waals surface area contributed by atoms with E-state index >= 15 is 0 Å². The van der Waals surface area contributed by atoms with E-state index in [-0.39, 0.29) is 5.82 Å². The number of ether oxygens (including phenoxy) is 1. The summed E-state index contributed by atoms with van der Waals surface area (Å²) >= 11 is 0. The zero-order chi connectivity index (χ0) is 24.0. The predicted octanol–water partition coefficient (Wildman–Crippen LogP) is 2.89. The summed E-state index contributed by atoms with van der Waals surface area (Å²) in [6.45, 7) is 0.136. The lowest BCUT2D eigenvalue weighted by Gasteiger charge is -2.07. The molecule has 0 spiro atoms. The predicted molar refractivity (Wildman–Crippen MR) is 122 cm³/mol. The highest BCUT2D eigenvalue weighted by Crippen LogP contribution is 2.35. The van der Waals surface area contributed by atoms with E-state index in [1.54, 1.807) is 30.6 Å². The van der Waals surface area contributed by atoms with Crippen LogP contribution in [0.3, 0.4) is 0 Å². The van der Waals surface area contributed by atoms with Crippen LogP contribution < -0.4 is 15.0 Å². The summed E-state index contributed by atoms with van der Waals surface area (Å²) in [7, 11) is -4.62. The lowest BCUT2D eigenvalue weighted by Crippen LogP contribution is -2.38. The third kappa shape index (κ3) is 6.49. The Morgan fingerprint density at radius 1 is 1.06 bits per heavy atom. The van der Waals surface area contributed by atoms with Crippen molar-refractivity contribution in [1.82, 2.24) is 10.1 Å². The van der Waals surface area contributed by atoms with Gasteiger partial charge in [-0.2, -0.15) is 0 Å². The van der Waals surface area contributed by atoms with Crippen LogP contribution in [0.4, 0.5) is 5.82 Å². The number of hydrogen-bond acceptors (Lipinski definition) is 7. The maximum Gasteiger partial charge on any atom is 0.472 e. The fraction of sp³-hybridized carbons (Fsp3) is 0.174. The Labute approximate surface area is 195 Å². The highest BCUT2D eigenvalue weighted by Gasteiger charge is 2.20. The zero-order valence-corrected chi connectivity index (χ0v) is 19.0. The van der Waals surface area contributed by atoms with Crippen molar-refractivity contribution in [2.45, 2.75) is 19.6 Å². The number of pyridine rings is 2. The molecule has 1 aromatic carbocycles. The van der Waals surface area contributed by atoms with Crippen molar-refractivity contribution < 1.29 is 32.7 Å². The highest BCUT2D eigenvalue weighted by molar-refractivity contribution is 7.46. The topological polar surface area (TPSA) is 145 Å². The maximum absolute atomic E-state index is 11.0. The van der Waals surface area contributed by atoms with Crippen molar-refractivity contribution >= 4 is 13.6 Å². The summed E-state index contributed by atoms with van der Waals surface area (Å²) < 4.78 is 28.0. The number of nitrogens with two attached hydrogens (primary N) is 1. The molecule has 4 rings (SSSR count). The molecular weight excluding hydrogens is 459 g/mol. The van der Waals surface area contributed by atoms with Crippen LogP contribution in [0.5, 0.6) is 5.88 Å². The van der Waals surface area contributed by atoms with E-state index in [4.69, 9.17) is 24.8 Å². The Morgan fingerprint density at radius 3 is 2.62 bits per heavy atom. The smallest absolute Gasteiger partial charge is 0.472 e. The van der Waals surface area contributed by atoms with Gasteiger partial charge >= 0.3 is 7.82 Å². The van der Waals surface area contributed by atoms with Crippen molar-refractivity contribution in [3.05, 3.63) is 89.9 Å². The van der Waals surface area contributed by atoms with Crippen molar-refractivity contribution in [2.24, 2.45) is 0 Å².